The quantitative estimate of drug-likeness (QED) is 0.375. The monoisotopic (exact) mass is 488 g/mol. The predicted octanol–water partition coefficient (Wildman–Crippen LogP) is 5.72. The first-order valence-electron chi connectivity index (χ1n) is 11.2. The number of methoxy groups -OCH3 is 1. The van der Waals surface area contributed by atoms with Gasteiger partial charge >= 0.3 is 6.03 Å². The molecular formula is C27H22F2N4O3. The Morgan fingerprint density at radius 1 is 1.03 bits per heavy atom. The first-order valence-corrected chi connectivity index (χ1v) is 11.2. The summed E-state index contributed by atoms with van der Waals surface area (Å²) in [5.41, 5.74) is 3.19. The lowest BCUT2D eigenvalue weighted by atomic mass is 9.94. The van der Waals surface area contributed by atoms with Crippen LogP contribution < -0.4 is 10.1 Å². The van der Waals surface area contributed by atoms with E-state index in [0.29, 0.717) is 22.6 Å². The van der Waals surface area contributed by atoms with Gasteiger partial charge in [0.05, 0.1) is 25.3 Å². The summed E-state index contributed by atoms with van der Waals surface area (Å²) in [6, 6.07) is 18.2. The van der Waals surface area contributed by atoms with Gasteiger partial charge in [0.15, 0.2) is 0 Å². The summed E-state index contributed by atoms with van der Waals surface area (Å²) in [5, 5.41) is 7.07. The summed E-state index contributed by atoms with van der Waals surface area (Å²) in [4.78, 5) is 19.3. The number of benzene rings is 3. The molecule has 0 radical (unpaired) electrons. The van der Waals surface area contributed by atoms with Crippen LogP contribution in [0.25, 0.3) is 17.0 Å². The van der Waals surface area contributed by atoms with Gasteiger partial charge in [0.2, 0.25) is 5.82 Å². The topological polar surface area (TPSA) is 80.5 Å². The molecule has 5 rings (SSSR count). The average Bonchev–Trinajstić information content (AvgIpc) is 3.37. The summed E-state index contributed by atoms with van der Waals surface area (Å²) in [5.74, 6) is 0.315. The number of nitrogens with one attached hydrogen (secondary N) is 1. The number of hydrogen-bond acceptors (Lipinski definition) is 5. The van der Waals surface area contributed by atoms with E-state index in [-0.39, 0.29) is 30.1 Å². The third-order valence-electron chi connectivity index (χ3n) is 6.04. The molecule has 1 N–H and O–H groups in total. The molecule has 1 unspecified atom stereocenters. The molecule has 9 heteroatoms. The first-order chi connectivity index (χ1) is 17.4. The van der Waals surface area contributed by atoms with E-state index in [1.54, 1.807) is 50.4 Å². The average molecular weight is 488 g/mol. The zero-order valence-electron chi connectivity index (χ0n) is 19.5. The van der Waals surface area contributed by atoms with Crippen LogP contribution in [0.4, 0.5) is 13.6 Å². The number of urea groups is 1. The number of aromatic nitrogens is 2. The molecule has 0 saturated heterocycles. The zero-order chi connectivity index (χ0) is 25.2. The number of ether oxygens (including phenoxy) is 1. The van der Waals surface area contributed by atoms with E-state index < -0.39 is 11.9 Å². The van der Waals surface area contributed by atoms with Crippen molar-refractivity contribution in [1.29, 1.82) is 0 Å². The molecule has 1 atom stereocenters. The van der Waals surface area contributed by atoms with Crippen molar-refractivity contribution in [2.24, 2.45) is 0 Å². The van der Waals surface area contributed by atoms with Crippen molar-refractivity contribution >= 4 is 11.6 Å². The van der Waals surface area contributed by atoms with Crippen molar-refractivity contribution in [2.45, 2.75) is 19.5 Å². The molecule has 36 heavy (non-hydrogen) atoms. The highest BCUT2D eigenvalue weighted by Gasteiger charge is 2.35. The van der Waals surface area contributed by atoms with Gasteiger partial charge in [0.1, 0.15) is 17.4 Å². The smallest absolute Gasteiger partial charge is 0.322 e. The molecule has 0 spiro atoms. The van der Waals surface area contributed by atoms with Crippen LogP contribution in [-0.2, 0) is 6.54 Å². The number of amides is 2. The van der Waals surface area contributed by atoms with Crippen molar-refractivity contribution in [3.8, 4) is 17.1 Å². The Balaban J connectivity index is 1.59. The van der Waals surface area contributed by atoms with Gasteiger partial charge in [-0.1, -0.05) is 41.6 Å². The second-order valence-electron chi connectivity index (χ2n) is 8.30. The standard InChI is InChI=1S/C27H22F2N4O3/c1-16-23(26-31-25(32-36-26)19-4-3-5-21(29)14-19)24(18-8-12-22(35-2)13-9-18)30-27(34)33(16)15-17-6-10-20(28)11-7-17/h3-14,24H,15H2,1-2H3,(H,30,34). The number of carbonyl (C=O) groups excluding carboxylic acids is 1. The Morgan fingerprint density at radius 2 is 1.78 bits per heavy atom. The molecule has 1 aliphatic heterocycles. The van der Waals surface area contributed by atoms with E-state index in [1.165, 1.54) is 29.2 Å². The van der Waals surface area contributed by atoms with Gasteiger partial charge in [0, 0.05) is 11.3 Å². The number of nitrogens with zero attached hydrogens (tertiary/aromatic N) is 3. The molecule has 2 heterocycles. The maximum atomic E-state index is 13.8. The molecule has 4 aromatic rings. The van der Waals surface area contributed by atoms with E-state index >= 15 is 0 Å². The summed E-state index contributed by atoms with van der Waals surface area (Å²) in [6.45, 7) is 2.00. The molecule has 0 saturated carbocycles. The molecule has 0 fully saturated rings. The largest absolute Gasteiger partial charge is 0.497 e. The second kappa shape index (κ2) is 9.61. The Bertz CT molecular complexity index is 1430. The minimum Gasteiger partial charge on any atom is -0.497 e. The Morgan fingerprint density at radius 3 is 2.47 bits per heavy atom. The van der Waals surface area contributed by atoms with Crippen LogP contribution in [0, 0.1) is 11.6 Å². The number of halogens is 2. The van der Waals surface area contributed by atoms with Crippen molar-refractivity contribution in [3.63, 3.8) is 0 Å². The minimum atomic E-state index is -0.589. The number of hydrogen-bond donors (Lipinski definition) is 1. The highest BCUT2D eigenvalue weighted by atomic mass is 19.1. The summed E-state index contributed by atoms with van der Waals surface area (Å²) in [6.07, 6.45) is 0. The molecular weight excluding hydrogens is 466 g/mol. The summed E-state index contributed by atoms with van der Waals surface area (Å²) in [7, 11) is 1.58. The van der Waals surface area contributed by atoms with Crippen molar-refractivity contribution in [1.82, 2.24) is 20.4 Å². The summed E-state index contributed by atoms with van der Waals surface area (Å²) < 4.78 is 38.0. The fraction of sp³-hybridized carbons (Fsp3) is 0.148. The lowest BCUT2D eigenvalue weighted by molar-refractivity contribution is 0.203. The molecule has 0 bridgehead atoms. The number of carbonyl (C=O) groups is 1. The third kappa shape index (κ3) is 4.55. The molecule has 182 valence electrons. The van der Waals surface area contributed by atoms with Gasteiger partial charge in [-0.2, -0.15) is 4.98 Å². The van der Waals surface area contributed by atoms with Crippen LogP contribution in [0.5, 0.6) is 5.75 Å². The predicted molar refractivity (Wildman–Crippen MR) is 128 cm³/mol. The van der Waals surface area contributed by atoms with Gasteiger partial charge in [-0.3, -0.25) is 4.90 Å². The second-order valence-corrected chi connectivity index (χ2v) is 8.30. The van der Waals surface area contributed by atoms with Crippen LogP contribution in [0.1, 0.15) is 30.0 Å². The maximum absolute atomic E-state index is 13.8. The minimum absolute atomic E-state index is 0.191. The molecule has 7 nitrogen and oxygen atoms in total. The molecule has 0 aliphatic carbocycles. The van der Waals surface area contributed by atoms with Gasteiger partial charge in [-0.05, 0) is 54.4 Å². The normalized spacial score (nSPS) is 15.7. The van der Waals surface area contributed by atoms with Crippen molar-refractivity contribution < 1.29 is 22.8 Å². The highest BCUT2D eigenvalue weighted by molar-refractivity contribution is 5.87. The van der Waals surface area contributed by atoms with Crippen LogP contribution >= 0.6 is 0 Å². The zero-order valence-corrected chi connectivity index (χ0v) is 19.5. The first kappa shape index (κ1) is 23.2. The third-order valence-corrected chi connectivity index (χ3v) is 6.04. The highest BCUT2D eigenvalue weighted by Crippen LogP contribution is 2.38. The Hall–Kier alpha value is -4.53. The lowest BCUT2D eigenvalue weighted by Crippen LogP contribution is -2.45. The molecule has 1 aliphatic rings. The van der Waals surface area contributed by atoms with Crippen molar-refractivity contribution in [3.05, 3.63) is 107 Å². The van der Waals surface area contributed by atoms with Gasteiger partial charge in [-0.15, -0.1) is 0 Å². The fourth-order valence-electron chi connectivity index (χ4n) is 4.15. The Labute approximate surface area is 206 Å². The summed E-state index contributed by atoms with van der Waals surface area (Å²) >= 11 is 0. The van der Waals surface area contributed by atoms with Gasteiger partial charge in [-0.25, -0.2) is 13.6 Å². The van der Waals surface area contributed by atoms with Crippen LogP contribution in [0.2, 0.25) is 0 Å². The van der Waals surface area contributed by atoms with E-state index in [4.69, 9.17) is 9.26 Å². The fourth-order valence-corrected chi connectivity index (χ4v) is 4.15. The van der Waals surface area contributed by atoms with E-state index in [0.717, 1.165) is 11.1 Å². The van der Waals surface area contributed by atoms with Gasteiger partial charge in [0.25, 0.3) is 5.89 Å². The molecule has 1 aromatic heterocycles. The molecule has 3 aromatic carbocycles. The van der Waals surface area contributed by atoms with Crippen LogP contribution in [0.3, 0.4) is 0 Å². The van der Waals surface area contributed by atoms with Crippen LogP contribution in [0.15, 0.2) is 83.0 Å². The SMILES string of the molecule is COc1ccc(C2NC(=O)N(Cc3ccc(F)cc3)C(C)=C2c2nc(-c3cccc(F)c3)no2)cc1. The van der Waals surface area contributed by atoms with Crippen molar-refractivity contribution in [2.75, 3.05) is 7.11 Å². The number of rotatable bonds is 6. The van der Waals surface area contributed by atoms with Gasteiger partial charge < -0.3 is 14.6 Å². The lowest BCUT2D eigenvalue weighted by Gasteiger charge is -2.35. The molecule has 2 amide bonds. The van der Waals surface area contributed by atoms with Crippen LogP contribution in [-0.4, -0.2) is 28.2 Å². The number of allylic oxidation sites excluding steroid dienone is 1. The maximum Gasteiger partial charge on any atom is 0.322 e. The Kier molecular flexibility index (Phi) is 6.20. The van der Waals surface area contributed by atoms with E-state index in [9.17, 15) is 13.6 Å². The van der Waals surface area contributed by atoms with E-state index in [2.05, 4.69) is 15.5 Å². The van der Waals surface area contributed by atoms with E-state index in [1.807, 2.05) is 12.1 Å².